The first kappa shape index (κ1) is 22.0. The molecule has 1 aliphatic rings. The minimum Gasteiger partial charge on any atom is -0.288 e. The van der Waals surface area contributed by atoms with Gasteiger partial charge in [0.15, 0.2) is 0 Å². The molecule has 0 spiro atoms. The van der Waals surface area contributed by atoms with Crippen LogP contribution >= 0.6 is 11.6 Å². The molecular weight excluding hydrogens is 318 g/mol. The van der Waals surface area contributed by atoms with Crippen LogP contribution in [0.5, 0.6) is 0 Å². The van der Waals surface area contributed by atoms with E-state index >= 15 is 0 Å². The van der Waals surface area contributed by atoms with E-state index in [1.54, 1.807) is 0 Å². The van der Waals surface area contributed by atoms with Gasteiger partial charge in [0.2, 0.25) is 5.24 Å². The van der Waals surface area contributed by atoms with E-state index in [1.807, 2.05) is 20.9 Å². The summed E-state index contributed by atoms with van der Waals surface area (Å²) in [5.74, 6) is 3.53. The van der Waals surface area contributed by atoms with Gasteiger partial charge < -0.3 is 0 Å². The second-order valence-electron chi connectivity index (χ2n) is 10.1. The number of rotatable bonds is 5. The van der Waals surface area contributed by atoms with Crippen molar-refractivity contribution in [3.8, 4) is 0 Å². The summed E-state index contributed by atoms with van der Waals surface area (Å²) in [7, 11) is 2.05. The maximum absolute atomic E-state index is 12.0. The van der Waals surface area contributed by atoms with E-state index < -0.39 is 5.54 Å². The van der Waals surface area contributed by atoms with Gasteiger partial charge in [-0.05, 0) is 87.8 Å². The molecular formula is C21H40ClNO. The molecule has 1 rings (SSSR count). The average Bonchev–Trinajstić information content (AvgIpc) is 2.47. The molecule has 0 aliphatic heterocycles. The van der Waals surface area contributed by atoms with E-state index in [0.29, 0.717) is 11.8 Å². The molecule has 0 aromatic carbocycles. The molecule has 0 saturated heterocycles. The topological polar surface area (TPSA) is 20.3 Å². The zero-order chi connectivity index (χ0) is 19.2. The van der Waals surface area contributed by atoms with Crippen LogP contribution in [0.3, 0.4) is 0 Å². The summed E-state index contributed by atoms with van der Waals surface area (Å²) in [6.45, 7) is 22.8. The molecule has 0 radical (unpaired) electrons. The molecule has 2 nitrogen and oxygen atoms in total. The van der Waals surface area contributed by atoms with E-state index in [0.717, 1.165) is 17.8 Å². The number of halogens is 1. The lowest BCUT2D eigenvalue weighted by Crippen LogP contribution is -2.64. The molecule has 0 N–H and O–H groups in total. The smallest absolute Gasteiger partial charge is 0.241 e. The van der Waals surface area contributed by atoms with E-state index in [2.05, 4.69) is 60.3 Å². The molecule has 3 heteroatoms. The van der Waals surface area contributed by atoms with Crippen LogP contribution in [-0.2, 0) is 4.79 Å². The Balaban J connectivity index is 3.23. The van der Waals surface area contributed by atoms with Crippen LogP contribution in [0.1, 0.15) is 75.7 Å². The fourth-order valence-corrected chi connectivity index (χ4v) is 4.99. The highest BCUT2D eigenvalue weighted by Gasteiger charge is 2.53. The van der Waals surface area contributed by atoms with Gasteiger partial charge in [0.05, 0.1) is 5.54 Å². The first-order valence-corrected chi connectivity index (χ1v) is 9.91. The molecule has 0 heterocycles. The Hall–Kier alpha value is -0.0800. The van der Waals surface area contributed by atoms with Crippen LogP contribution < -0.4 is 0 Å². The predicted octanol–water partition coefficient (Wildman–Crippen LogP) is 5.83. The van der Waals surface area contributed by atoms with Gasteiger partial charge in [-0.25, -0.2) is 0 Å². The van der Waals surface area contributed by atoms with Gasteiger partial charge in [0, 0.05) is 5.54 Å². The third-order valence-corrected chi connectivity index (χ3v) is 8.94. The van der Waals surface area contributed by atoms with Gasteiger partial charge in [0.1, 0.15) is 0 Å². The van der Waals surface area contributed by atoms with Gasteiger partial charge in [-0.3, -0.25) is 9.69 Å². The standard InChI is InChI=1S/C21H40ClNO/c1-13-12-17(16(4)15(3)14(13)2)19(5,6)21(9,10)23(11)20(7,8)18(22)24/h13-17H,12H2,1-11H3. The number of carbonyl (C=O) groups is 1. The van der Waals surface area contributed by atoms with Crippen molar-refractivity contribution in [2.75, 3.05) is 7.05 Å². The van der Waals surface area contributed by atoms with E-state index in [-0.39, 0.29) is 16.2 Å². The molecule has 0 aromatic rings. The largest absolute Gasteiger partial charge is 0.288 e. The van der Waals surface area contributed by atoms with Gasteiger partial charge >= 0.3 is 0 Å². The first-order valence-electron chi connectivity index (χ1n) is 9.54. The summed E-state index contributed by atoms with van der Waals surface area (Å²) in [5.41, 5.74) is -0.766. The Bertz CT molecular complexity index is 468. The average molecular weight is 358 g/mol. The van der Waals surface area contributed by atoms with Gasteiger partial charge in [-0.15, -0.1) is 0 Å². The van der Waals surface area contributed by atoms with Crippen molar-refractivity contribution in [3.63, 3.8) is 0 Å². The Morgan fingerprint density at radius 2 is 1.38 bits per heavy atom. The number of nitrogens with zero attached hydrogens (tertiary/aromatic N) is 1. The van der Waals surface area contributed by atoms with E-state index in [9.17, 15) is 4.79 Å². The van der Waals surface area contributed by atoms with Gasteiger partial charge in [-0.1, -0.05) is 41.5 Å². The molecule has 0 bridgehead atoms. The normalized spacial score (nSPS) is 33.0. The number of likely N-dealkylation sites (N-methyl/N-ethyl adjacent to an activating group) is 1. The second-order valence-corrected chi connectivity index (χ2v) is 10.4. The second kappa shape index (κ2) is 6.91. The van der Waals surface area contributed by atoms with E-state index in [4.69, 9.17) is 11.6 Å². The SMILES string of the molecule is CC1CC(C(C)(C)C(C)(C)N(C)C(C)(C)C(=O)Cl)C(C)C(C)C1C. The van der Waals surface area contributed by atoms with Crippen molar-refractivity contribution < 1.29 is 4.79 Å². The minimum absolute atomic E-state index is 0.0629. The number of hydrogen-bond acceptors (Lipinski definition) is 2. The summed E-state index contributed by atoms with van der Waals surface area (Å²) in [5, 5.41) is -0.291. The maximum atomic E-state index is 12.0. The number of carbonyl (C=O) groups excluding carboxylic acids is 1. The molecule has 24 heavy (non-hydrogen) atoms. The third kappa shape index (κ3) is 3.43. The maximum Gasteiger partial charge on any atom is 0.241 e. The quantitative estimate of drug-likeness (QED) is 0.577. The van der Waals surface area contributed by atoms with Crippen molar-refractivity contribution in [2.24, 2.45) is 35.0 Å². The van der Waals surface area contributed by atoms with Crippen molar-refractivity contribution in [1.82, 2.24) is 4.90 Å². The Morgan fingerprint density at radius 3 is 1.79 bits per heavy atom. The van der Waals surface area contributed by atoms with Crippen LogP contribution in [0.15, 0.2) is 0 Å². The predicted molar refractivity (Wildman–Crippen MR) is 105 cm³/mol. The lowest BCUT2D eigenvalue weighted by atomic mass is 9.52. The summed E-state index contributed by atoms with van der Waals surface area (Å²) in [6.07, 6.45) is 1.26. The third-order valence-electron chi connectivity index (χ3n) is 8.48. The zero-order valence-electron chi connectivity index (χ0n) is 17.8. The van der Waals surface area contributed by atoms with E-state index in [1.165, 1.54) is 6.42 Å². The van der Waals surface area contributed by atoms with Crippen molar-refractivity contribution >= 4 is 16.8 Å². The Kier molecular flexibility index (Phi) is 6.32. The summed E-state index contributed by atoms with van der Waals surface area (Å²) in [4.78, 5) is 14.2. The zero-order valence-corrected chi connectivity index (χ0v) is 18.6. The molecule has 1 saturated carbocycles. The van der Waals surface area contributed by atoms with Crippen LogP contribution in [-0.4, -0.2) is 28.3 Å². The molecule has 1 fully saturated rings. The van der Waals surface area contributed by atoms with Crippen LogP contribution in [0, 0.1) is 35.0 Å². The fraction of sp³-hybridized carbons (Fsp3) is 0.952. The molecule has 142 valence electrons. The Labute approximate surface area is 155 Å². The van der Waals surface area contributed by atoms with Crippen molar-refractivity contribution in [1.29, 1.82) is 0 Å². The summed E-state index contributed by atoms with van der Waals surface area (Å²) >= 11 is 5.92. The highest BCUT2D eigenvalue weighted by molar-refractivity contribution is 6.65. The number of hydrogen-bond donors (Lipinski definition) is 0. The highest BCUT2D eigenvalue weighted by atomic mass is 35.5. The molecule has 5 atom stereocenters. The monoisotopic (exact) mass is 357 g/mol. The Morgan fingerprint density at radius 1 is 0.917 bits per heavy atom. The minimum atomic E-state index is -0.676. The molecule has 5 unspecified atom stereocenters. The summed E-state index contributed by atoms with van der Waals surface area (Å²) in [6, 6.07) is 0. The van der Waals surface area contributed by atoms with Crippen molar-refractivity contribution in [3.05, 3.63) is 0 Å². The first-order chi connectivity index (χ1) is 10.6. The van der Waals surface area contributed by atoms with Crippen molar-refractivity contribution in [2.45, 2.75) is 86.7 Å². The van der Waals surface area contributed by atoms with Gasteiger partial charge in [-0.2, -0.15) is 0 Å². The van der Waals surface area contributed by atoms with Crippen LogP contribution in [0.25, 0.3) is 0 Å². The van der Waals surface area contributed by atoms with Crippen LogP contribution in [0.4, 0.5) is 0 Å². The van der Waals surface area contributed by atoms with Gasteiger partial charge in [0.25, 0.3) is 0 Å². The molecule has 1 aliphatic carbocycles. The lowest BCUT2D eigenvalue weighted by molar-refractivity contribution is -0.134. The summed E-state index contributed by atoms with van der Waals surface area (Å²) < 4.78 is 0. The fourth-order valence-electron chi connectivity index (χ4n) is 4.86. The highest BCUT2D eigenvalue weighted by Crippen LogP contribution is 2.54. The molecule has 0 amide bonds. The van der Waals surface area contributed by atoms with Crippen LogP contribution in [0.2, 0.25) is 0 Å². The molecule has 0 aromatic heterocycles. The lowest BCUT2D eigenvalue weighted by Gasteiger charge is -2.59.